The van der Waals surface area contributed by atoms with Crippen molar-refractivity contribution >= 4 is 29.9 Å². The van der Waals surface area contributed by atoms with Crippen LogP contribution in [0.25, 0.3) is 0 Å². The Hall–Kier alpha value is -0.0800. The lowest BCUT2D eigenvalue weighted by Gasteiger charge is -2.51. The lowest BCUT2D eigenvalue weighted by Crippen LogP contribution is -2.63. The number of hydrogen-bond donors (Lipinski definition) is 2. The molecular weight excluding hydrogens is 379 g/mol. The van der Waals surface area contributed by atoms with Crippen molar-refractivity contribution in [3.63, 3.8) is 0 Å². The quantitative estimate of drug-likeness (QED) is 0.421. The van der Waals surface area contributed by atoms with E-state index in [4.69, 9.17) is 4.74 Å². The van der Waals surface area contributed by atoms with Gasteiger partial charge in [0.05, 0.1) is 6.10 Å². The fourth-order valence-corrected chi connectivity index (χ4v) is 3.34. The van der Waals surface area contributed by atoms with E-state index >= 15 is 0 Å². The standard InChI is InChI=1S/C15H30N4O.HI/c1-15(2)12(9-13(15)20-5)18-14(16-3)17-10-11-7-6-8-19(11)4;/h11-13H,6-10H2,1-5H3,(H2,16,17,18);1H. The van der Waals surface area contributed by atoms with Gasteiger partial charge in [-0.2, -0.15) is 0 Å². The highest BCUT2D eigenvalue weighted by Crippen LogP contribution is 2.42. The Morgan fingerprint density at radius 3 is 2.62 bits per heavy atom. The molecule has 0 bridgehead atoms. The van der Waals surface area contributed by atoms with Crippen LogP contribution in [0.1, 0.15) is 33.1 Å². The summed E-state index contributed by atoms with van der Waals surface area (Å²) in [5.41, 5.74) is 0.163. The van der Waals surface area contributed by atoms with Crippen LogP contribution >= 0.6 is 24.0 Å². The van der Waals surface area contributed by atoms with Crippen LogP contribution in [0.3, 0.4) is 0 Å². The first-order chi connectivity index (χ1) is 9.48. The molecule has 0 spiro atoms. The summed E-state index contributed by atoms with van der Waals surface area (Å²) in [5.74, 6) is 0.915. The minimum Gasteiger partial charge on any atom is -0.381 e. The van der Waals surface area contributed by atoms with Crippen molar-refractivity contribution in [2.24, 2.45) is 10.4 Å². The first-order valence-corrected chi connectivity index (χ1v) is 7.69. The molecule has 6 heteroatoms. The summed E-state index contributed by atoms with van der Waals surface area (Å²) < 4.78 is 5.50. The second-order valence-corrected chi connectivity index (χ2v) is 6.71. The van der Waals surface area contributed by atoms with Crippen LogP contribution in [0.2, 0.25) is 0 Å². The lowest BCUT2D eigenvalue weighted by molar-refractivity contribution is -0.0922. The molecule has 124 valence electrons. The molecule has 0 amide bonds. The average Bonchev–Trinajstić information content (AvgIpc) is 2.83. The highest BCUT2D eigenvalue weighted by molar-refractivity contribution is 14.0. The Kier molecular flexibility index (Phi) is 7.19. The van der Waals surface area contributed by atoms with Crippen molar-refractivity contribution in [3.8, 4) is 0 Å². The molecule has 5 nitrogen and oxygen atoms in total. The number of halogens is 1. The van der Waals surface area contributed by atoms with Crippen molar-refractivity contribution in [2.45, 2.75) is 51.3 Å². The van der Waals surface area contributed by atoms with Crippen LogP contribution in [0.5, 0.6) is 0 Å². The van der Waals surface area contributed by atoms with Gasteiger partial charge < -0.3 is 20.3 Å². The zero-order valence-electron chi connectivity index (χ0n) is 14.0. The number of methoxy groups -OCH3 is 1. The number of guanidine groups is 1. The summed E-state index contributed by atoms with van der Waals surface area (Å²) in [6.07, 6.45) is 3.98. The van der Waals surface area contributed by atoms with Gasteiger partial charge in [-0.25, -0.2) is 0 Å². The summed E-state index contributed by atoms with van der Waals surface area (Å²) >= 11 is 0. The van der Waals surface area contributed by atoms with Gasteiger partial charge in [0.15, 0.2) is 5.96 Å². The molecule has 0 aromatic heterocycles. The molecule has 21 heavy (non-hydrogen) atoms. The van der Waals surface area contributed by atoms with E-state index in [0.717, 1.165) is 18.9 Å². The molecule has 0 aromatic carbocycles. The molecule has 2 aliphatic rings. The summed E-state index contributed by atoms with van der Waals surface area (Å²) in [4.78, 5) is 6.77. The van der Waals surface area contributed by atoms with Crippen molar-refractivity contribution in [3.05, 3.63) is 0 Å². The second-order valence-electron chi connectivity index (χ2n) is 6.71. The van der Waals surface area contributed by atoms with Crippen LogP contribution in [0, 0.1) is 5.41 Å². The molecule has 1 aliphatic heterocycles. The molecule has 1 saturated carbocycles. The Balaban J connectivity index is 0.00000220. The van der Waals surface area contributed by atoms with Gasteiger partial charge in [-0.15, -0.1) is 24.0 Å². The van der Waals surface area contributed by atoms with E-state index in [9.17, 15) is 0 Å². The number of nitrogens with zero attached hydrogens (tertiary/aromatic N) is 2. The Bertz CT molecular complexity index is 362. The maximum atomic E-state index is 5.50. The molecule has 2 fully saturated rings. The largest absolute Gasteiger partial charge is 0.381 e. The van der Waals surface area contributed by atoms with Crippen LogP contribution in [0.15, 0.2) is 4.99 Å². The maximum Gasteiger partial charge on any atom is 0.191 e. The highest BCUT2D eigenvalue weighted by atomic mass is 127. The minimum absolute atomic E-state index is 0. The molecule has 0 aromatic rings. The molecule has 3 atom stereocenters. The highest BCUT2D eigenvalue weighted by Gasteiger charge is 2.48. The van der Waals surface area contributed by atoms with Crippen molar-refractivity contribution in [1.82, 2.24) is 15.5 Å². The number of hydrogen-bond acceptors (Lipinski definition) is 3. The third-order valence-electron chi connectivity index (χ3n) is 5.17. The molecular formula is C15H31IN4O. The maximum absolute atomic E-state index is 5.50. The number of rotatable bonds is 4. The number of likely N-dealkylation sites (N-methyl/N-ethyl adjacent to an activating group) is 1. The smallest absolute Gasteiger partial charge is 0.191 e. The zero-order valence-corrected chi connectivity index (χ0v) is 16.3. The van der Waals surface area contributed by atoms with Gasteiger partial charge in [0.25, 0.3) is 0 Å². The van der Waals surface area contributed by atoms with Gasteiger partial charge in [-0.1, -0.05) is 13.8 Å². The first-order valence-electron chi connectivity index (χ1n) is 7.69. The van der Waals surface area contributed by atoms with E-state index < -0.39 is 0 Å². The van der Waals surface area contributed by atoms with E-state index in [2.05, 4.69) is 41.4 Å². The Morgan fingerprint density at radius 1 is 1.43 bits per heavy atom. The summed E-state index contributed by atoms with van der Waals surface area (Å²) in [6.45, 7) is 6.68. The fraction of sp³-hybridized carbons (Fsp3) is 0.933. The zero-order chi connectivity index (χ0) is 14.8. The molecule has 2 rings (SSSR count). The topological polar surface area (TPSA) is 48.9 Å². The predicted octanol–water partition coefficient (Wildman–Crippen LogP) is 1.68. The minimum atomic E-state index is 0. The van der Waals surface area contributed by atoms with E-state index in [1.165, 1.54) is 19.4 Å². The molecule has 0 radical (unpaired) electrons. The summed E-state index contributed by atoms with van der Waals surface area (Å²) in [7, 11) is 5.84. The number of likely N-dealkylation sites (tertiary alicyclic amines) is 1. The number of aliphatic imine (C=N–C) groups is 1. The van der Waals surface area contributed by atoms with Gasteiger partial charge in [0, 0.05) is 38.2 Å². The van der Waals surface area contributed by atoms with Gasteiger partial charge in [-0.3, -0.25) is 4.99 Å². The van der Waals surface area contributed by atoms with E-state index in [1.54, 1.807) is 7.11 Å². The van der Waals surface area contributed by atoms with Crippen LogP contribution < -0.4 is 10.6 Å². The predicted molar refractivity (Wildman–Crippen MR) is 98.5 cm³/mol. The average molecular weight is 410 g/mol. The fourth-order valence-electron chi connectivity index (χ4n) is 3.34. The van der Waals surface area contributed by atoms with E-state index in [1.807, 2.05) is 7.05 Å². The van der Waals surface area contributed by atoms with Crippen LogP contribution in [0.4, 0.5) is 0 Å². The molecule has 1 aliphatic carbocycles. The van der Waals surface area contributed by atoms with Crippen LogP contribution in [-0.2, 0) is 4.74 Å². The van der Waals surface area contributed by atoms with E-state index in [-0.39, 0.29) is 29.4 Å². The lowest BCUT2D eigenvalue weighted by atomic mass is 9.64. The summed E-state index contributed by atoms with van der Waals surface area (Å²) in [6, 6.07) is 1.06. The van der Waals surface area contributed by atoms with Crippen molar-refractivity contribution < 1.29 is 4.74 Å². The van der Waals surface area contributed by atoms with Crippen molar-refractivity contribution in [2.75, 3.05) is 34.3 Å². The number of nitrogens with one attached hydrogen (secondary N) is 2. The monoisotopic (exact) mass is 410 g/mol. The van der Waals surface area contributed by atoms with Gasteiger partial charge >= 0.3 is 0 Å². The third kappa shape index (κ3) is 4.22. The molecule has 1 heterocycles. The normalized spacial score (nSPS) is 32.2. The first kappa shape index (κ1) is 19.0. The molecule has 1 saturated heterocycles. The van der Waals surface area contributed by atoms with Gasteiger partial charge in [0.1, 0.15) is 0 Å². The third-order valence-corrected chi connectivity index (χ3v) is 5.17. The van der Waals surface area contributed by atoms with Crippen molar-refractivity contribution in [1.29, 1.82) is 0 Å². The Labute approximate surface area is 146 Å². The second kappa shape index (κ2) is 7.97. The Morgan fingerprint density at radius 2 is 2.14 bits per heavy atom. The van der Waals surface area contributed by atoms with Crippen LogP contribution in [-0.4, -0.2) is 63.3 Å². The number of ether oxygens (including phenoxy) is 1. The molecule has 2 N–H and O–H groups in total. The SMILES string of the molecule is CN=C(NCC1CCCN1C)NC1CC(OC)C1(C)C.I. The van der Waals surface area contributed by atoms with Gasteiger partial charge in [-0.05, 0) is 32.9 Å². The summed E-state index contributed by atoms with van der Waals surface area (Å²) in [5, 5.41) is 7.00. The van der Waals surface area contributed by atoms with E-state index in [0.29, 0.717) is 18.2 Å². The molecule has 3 unspecified atom stereocenters. The van der Waals surface area contributed by atoms with Gasteiger partial charge in [0.2, 0.25) is 0 Å².